The molecule has 28 heavy (non-hydrogen) atoms. The summed E-state index contributed by atoms with van der Waals surface area (Å²) in [5, 5.41) is 19.4. The minimum atomic E-state index is -0.403. The molecule has 0 amide bonds. The fourth-order valence-electron chi connectivity index (χ4n) is 2.75. The Morgan fingerprint density at radius 1 is 1.21 bits per heavy atom. The van der Waals surface area contributed by atoms with Crippen LogP contribution in [0.4, 0.5) is 0 Å². The number of allylic oxidation sites excluding steroid dienone is 1. The van der Waals surface area contributed by atoms with E-state index < -0.39 is 5.78 Å². The maximum Gasteiger partial charge on any atom is 0.205 e. The first-order chi connectivity index (χ1) is 13.6. The van der Waals surface area contributed by atoms with Gasteiger partial charge in [0.15, 0.2) is 18.1 Å². The third-order valence-corrected chi connectivity index (χ3v) is 4.28. The van der Waals surface area contributed by atoms with Gasteiger partial charge in [0.25, 0.3) is 0 Å². The highest BCUT2D eigenvalue weighted by Crippen LogP contribution is 2.30. The first-order valence-electron chi connectivity index (χ1n) is 8.18. The lowest BCUT2D eigenvalue weighted by Gasteiger charge is -2.09. The Balaban J connectivity index is 1.96. The van der Waals surface area contributed by atoms with Crippen molar-refractivity contribution in [2.45, 2.75) is 0 Å². The van der Waals surface area contributed by atoms with Crippen molar-refractivity contribution in [3.63, 3.8) is 0 Å². The van der Waals surface area contributed by atoms with Crippen LogP contribution in [0.1, 0.15) is 15.9 Å². The Morgan fingerprint density at radius 2 is 2.04 bits per heavy atom. The molecule has 2 aromatic carbocycles. The van der Waals surface area contributed by atoms with Crippen LogP contribution >= 0.6 is 11.6 Å². The predicted octanol–water partition coefficient (Wildman–Crippen LogP) is 4.52. The van der Waals surface area contributed by atoms with Crippen LogP contribution in [0.25, 0.3) is 17.0 Å². The summed E-state index contributed by atoms with van der Waals surface area (Å²) in [5.74, 6) is 0.398. The van der Waals surface area contributed by atoms with Crippen LogP contribution in [-0.2, 0) is 0 Å². The number of hydrogen-bond donors (Lipinski definition) is 1. The van der Waals surface area contributed by atoms with Gasteiger partial charge in [0.05, 0.1) is 7.11 Å². The molecule has 0 spiro atoms. The number of methoxy groups -OCH3 is 1. The molecule has 0 bridgehead atoms. The fraction of sp³-hybridized carbons (Fsp3) is 0.0952. The highest BCUT2D eigenvalue weighted by atomic mass is 35.5. The Labute approximate surface area is 166 Å². The lowest BCUT2D eigenvalue weighted by molar-refractivity contribution is 0.104. The lowest BCUT2D eigenvalue weighted by Crippen LogP contribution is -2.01. The second kappa shape index (κ2) is 8.30. The van der Waals surface area contributed by atoms with Crippen LogP contribution in [-0.4, -0.2) is 24.5 Å². The summed E-state index contributed by atoms with van der Waals surface area (Å²) in [6.07, 6.45) is 3.04. The minimum absolute atomic E-state index is 0.0244. The zero-order valence-electron chi connectivity index (χ0n) is 14.8. The second-order valence-corrected chi connectivity index (χ2v) is 6.18. The van der Waals surface area contributed by atoms with Gasteiger partial charge in [-0.2, -0.15) is 10.5 Å². The number of rotatable bonds is 6. The van der Waals surface area contributed by atoms with Gasteiger partial charge >= 0.3 is 0 Å². The number of nitrogens with one attached hydrogen (secondary N) is 1. The van der Waals surface area contributed by atoms with Gasteiger partial charge in [-0.25, -0.2) is 0 Å². The Bertz CT molecular complexity index is 1170. The minimum Gasteiger partial charge on any atom is -0.493 e. The molecule has 1 N–H and O–H groups in total. The molecular formula is C21H14ClN3O3. The molecule has 0 fully saturated rings. The third kappa shape index (κ3) is 3.83. The van der Waals surface area contributed by atoms with E-state index in [-0.39, 0.29) is 12.2 Å². The number of carbonyl (C=O) groups is 1. The normalized spacial score (nSPS) is 10.9. The largest absolute Gasteiger partial charge is 0.493 e. The molecule has 0 radical (unpaired) electrons. The van der Waals surface area contributed by atoms with E-state index in [4.69, 9.17) is 26.3 Å². The summed E-state index contributed by atoms with van der Waals surface area (Å²) >= 11 is 5.97. The number of aromatic amines is 1. The number of benzene rings is 2. The molecule has 1 heterocycles. The summed E-state index contributed by atoms with van der Waals surface area (Å²) in [5.41, 5.74) is 1.67. The van der Waals surface area contributed by atoms with Gasteiger partial charge in [0.1, 0.15) is 17.7 Å². The van der Waals surface area contributed by atoms with E-state index in [0.29, 0.717) is 38.6 Å². The number of H-pyrrole nitrogens is 1. The standard InChI is InChI=1S/C21H14ClN3O3/c1-27-20-9-13(2-5-19(20)28-7-6-23)8-14(11-24)21(26)17-12-25-18-10-15(22)3-4-16(17)18/h2-5,8-10,12,25H,7H2,1H3. The molecule has 0 saturated heterocycles. The molecule has 0 aliphatic rings. The fourth-order valence-corrected chi connectivity index (χ4v) is 2.92. The van der Waals surface area contributed by atoms with Crippen LogP contribution in [0, 0.1) is 22.7 Å². The van der Waals surface area contributed by atoms with Crippen molar-refractivity contribution in [1.29, 1.82) is 10.5 Å². The monoisotopic (exact) mass is 391 g/mol. The van der Waals surface area contributed by atoms with Gasteiger partial charge in [-0.05, 0) is 35.9 Å². The van der Waals surface area contributed by atoms with E-state index >= 15 is 0 Å². The Kier molecular flexibility index (Phi) is 5.64. The Hall–Kier alpha value is -3.74. The first kappa shape index (κ1) is 19.0. The highest BCUT2D eigenvalue weighted by Gasteiger charge is 2.17. The molecule has 138 valence electrons. The SMILES string of the molecule is COc1cc(C=C(C#N)C(=O)c2c[nH]c3cc(Cl)ccc23)ccc1OCC#N. The van der Waals surface area contributed by atoms with E-state index in [1.165, 1.54) is 13.2 Å². The molecule has 0 saturated carbocycles. The molecule has 1 aromatic heterocycles. The van der Waals surface area contributed by atoms with E-state index in [1.54, 1.807) is 42.6 Å². The average molecular weight is 392 g/mol. The number of nitrogens with zero attached hydrogens (tertiary/aromatic N) is 2. The smallest absolute Gasteiger partial charge is 0.205 e. The first-order valence-corrected chi connectivity index (χ1v) is 8.56. The quantitative estimate of drug-likeness (QED) is 0.378. The summed E-state index contributed by atoms with van der Waals surface area (Å²) in [6, 6.07) is 13.9. The van der Waals surface area contributed by atoms with Crippen molar-refractivity contribution in [1.82, 2.24) is 4.98 Å². The lowest BCUT2D eigenvalue weighted by atomic mass is 10.0. The molecular weight excluding hydrogens is 378 g/mol. The number of halogens is 1. The molecule has 6 nitrogen and oxygen atoms in total. The molecule has 7 heteroatoms. The summed E-state index contributed by atoms with van der Waals surface area (Å²) in [6.45, 7) is -0.113. The van der Waals surface area contributed by atoms with Crippen LogP contribution in [0.5, 0.6) is 11.5 Å². The van der Waals surface area contributed by atoms with E-state index in [9.17, 15) is 10.1 Å². The van der Waals surface area contributed by atoms with Gasteiger partial charge in [0.2, 0.25) is 5.78 Å². The van der Waals surface area contributed by atoms with Crippen molar-refractivity contribution in [3.05, 3.63) is 64.3 Å². The molecule has 0 unspecified atom stereocenters. The predicted molar refractivity (Wildman–Crippen MR) is 105 cm³/mol. The van der Waals surface area contributed by atoms with Crippen LogP contribution < -0.4 is 9.47 Å². The van der Waals surface area contributed by atoms with Gasteiger partial charge in [-0.3, -0.25) is 4.79 Å². The van der Waals surface area contributed by atoms with Gasteiger partial charge in [0, 0.05) is 27.7 Å². The topological polar surface area (TPSA) is 98.9 Å². The van der Waals surface area contributed by atoms with Crippen molar-refractivity contribution in [2.24, 2.45) is 0 Å². The number of ether oxygens (including phenoxy) is 2. The molecule has 0 aliphatic carbocycles. The van der Waals surface area contributed by atoms with Crippen LogP contribution in [0.3, 0.4) is 0 Å². The summed E-state index contributed by atoms with van der Waals surface area (Å²) in [7, 11) is 1.47. The number of hydrogen-bond acceptors (Lipinski definition) is 5. The van der Waals surface area contributed by atoms with Crippen molar-refractivity contribution in [3.8, 4) is 23.6 Å². The van der Waals surface area contributed by atoms with E-state index in [0.717, 1.165) is 0 Å². The second-order valence-electron chi connectivity index (χ2n) is 5.75. The summed E-state index contributed by atoms with van der Waals surface area (Å²) < 4.78 is 10.5. The number of ketones is 1. The van der Waals surface area contributed by atoms with Crippen LogP contribution in [0.15, 0.2) is 48.2 Å². The molecule has 0 aliphatic heterocycles. The number of nitriles is 2. The van der Waals surface area contributed by atoms with Crippen molar-refractivity contribution in [2.75, 3.05) is 13.7 Å². The van der Waals surface area contributed by atoms with Gasteiger partial charge < -0.3 is 14.5 Å². The number of Topliss-reactive ketones (excluding diaryl/α,β-unsaturated/α-hetero) is 1. The number of fused-ring (bicyclic) bond motifs is 1. The number of aromatic nitrogens is 1. The van der Waals surface area contributed by atoms with Crippen molar-refractivity contribution < 1.29 is 14.3 Å². The summed E-state index contributed by atoms with van der Waals surface area (Å²) in [4.78, 5) is 15.9. The molecule has 0 atom stereocenters. The van der Waals surface area contributed by atoms with E-state index in [2.05, 4.69) is 4.98 Å². The molecule has 3 aromatic rings. The number of carbonyl (C=O) groups excluding carboxylic acids is 1. The zero-order chi connectivity index (χ0) is 20.1. The van der Waals surface area contributed by atoms with Crippen molar-refractivity contribution >= 4 is 34.4 Å². The average Bonchev–Trinajstić information content (AvgIpc) is 3.13. The maximum atomic E-state index is 12.9. The van der Waals surface area contributed by atoms with Crippen LogP contribution in [0.2, 0.25) is 5.02 Å². The zero-order valence-corrected chi connectivity index (χ0v) is 15.6. The Morgan fingerprint density at radius 3 is 2.75 bits per heavy atom. The molecule has 3 rings (SSSR count). The van der Waals surface area contributed by atoms with Gasteiger partial charge in [-0.15, -0.1) is 0 Å². The van der Waals surface area contributed by atoms with Gasteiger partial charge in [-0.1, -0.05) is 23.7 Å². The maximum absolute atomic E-state index is 12.9. The highest BCUT2D eigenvalue weighted by molar-refractivity contribution is 6.31. The third-order valence-electron chi connectivity index (χ3n) is 4.04. The van der Waals surface area contributed by atoms with E-state index in [1.807, 2.05) is 12.1 Å².